The number of ether oxygens (including phenoxy) is 1. The number of hydrogen-bond acceptors (Lipinski definition) is 6. The molecule has 1 aliphatic heterocycles. The lowest BCUT2D eigenvalue weighted by Gasteiger charge is -2.61. The molecule has 0 bridgehead atoms. The zero-order valence-corrected chi connectivity index (χ0v) is 18.1. The fourth-order valence-corrected chi connectivity index (χ4v) is 5.27. The zero-order valence-electron chi connectivity index (χ0n) is 18.1. The van der Waals surface area contributed by atoms with E-state index in [1.54, 1.807) is 20.2 Å². The van der Waals surface area contributed by atoms with Gasteiger partial charge < -0.3 is 15.0 Å². The molecule has 8 nitrogen and oxygen atoms in total. The number of fused-ring (bicyclic) bond motifs is 2. The quantitative estimate of drug-likeness (QED) is 0.535. The predicted octanol–water partition coefficient (Wildman–Crippen LogP) is 3.52. The summed E-state index contributed by atoms with van der Waals surface area (Å²) < 4.78 is 7.47. The normalized spacial score (nSPS) is 22.1. The lowest BCUT2D eigenvalue weighted by Crippen LogP contribution is -2.70. The average Bonchev–Trinajstić information content (AvgIpc) is 3.17. The molecule has 1 aliphatic carbocycles. The van der Waals surface area contributed by atoms with E-state index in [0.717, 1.165) is 53.4 Å². The maximum Gasteiger partial charge on any atom is 0.244 e. The van der Waals surface area contributed by atoms with Gasteiger partial charge in [0.05, 0.1) is 12.6 Å². The summed E-state index contributed by atoms with van der Waals surface area (Å²) in [4.78, 5) is 22.8. The molecule has 0 atom stereocenters. The van der Waals surface area contributed by atoms with Crippen LogP contribution in [-0.4, -0.2) is 55.6 Å². The highest BCUT2D eigenvalue weighted by molar-refractivity contribution is 5.90. The van der Waals surface area contributed by atoms with Crippen LogP contribution in [0, 0.1) is 0 Å². The topological polar surface area (TPSA) is 84.6 Å². The smallest absolute Gasteiger partial charge is 0.244 e. The minimum atomic E-state index is 0.0449. The Morgan fingerprint density at radius 2 is 2.12 bits per heavy atom. The molecule has 4 heterocycles. The Bertz CT molecular complexity index is 1360. The molecule has 1 amide bonds. The van der Waals surface area contributed by atoms with Crippen LogP contribution in [0.25, 0.3) is 27.5 Å². The first-order chi connectivity index (χ1) is 15.6. The third-order valence-corrected chi connectivity index (χ3v) is 6.93. The minimum Gasteiger partial charge on any atom is -0.479 e. The van der Waals surface area contributed by atoms with E-state index in [2.05, 4.69) is 38.6 Å². The Morgan fingerprint density at radius 3 is 2.88 bits per heavy atom. The molecular weight excluding hydrogens is 404 g/mol. The van der Waals surface area contributed by atoms with Crippen molar-refractivity contribution >= 4 is 28.3 Å². The Kier molecular flexibility index (Phi) is 4.11. The van der Waals surface area contributed by atoms with Crippen molar-refractivity contribution in [2.75, 3.05) is 19.0 Å². The van der Waals surface area contributed by atoms with Crippen molar-refractivity contribution in [3.05, 3.63) is 48.8 Å². The van der Waals surface area contributed by atoms with E-state index in [0.29, 0.717) is 11.8 Å². The number of aromatic nitrogens is 4. The number of amides is 1. The summed E-state index contributed by atoms with van der Waals surface area (Å²) in [5, 5.41) is 9.19. The molecule has 162 valence electrons. The van der Waals surface area contributed by atoms with Gasteiger partial charge in [0, 0.05) is 48.4 Å². The van der Waals surface area contributed by atoms with E-state index in [9.17, 15) is 4.79 Å². The average molecular weight is 428 g/mol. The number of nitrogens with one attached hydrogen (secondary N) is 1. The fourth-order valence-electron chi connectivity index (χ4n) is 5.27. The van der Waals surface area contributed by atoms with Gasteiger partial charge in [-0.05, 0) is 49.1 Å². The van der Waals surface area contributed by atoms with Crippen LogP contribution in [-0.2, 0) is 4.79 Å². The highest BCUT2D eigenvalue weighted by atomic mass is 16.5. The van der Waals surface area contributed by atoms with Gasteiger partial charge in [-0.1, -0.05) is 12.1 Å². The molecule has 32 heavy (non-hydrogen) atoms. The van der Waals surface area contributed by atoms with E-state index in [-0.39, 0.29) is 17.5 Å². The summed E-state index contributed by atoms with van der Waals surface area (Å²) >= 11 is 0. The number of carbonyl (C=O) groups excluding carboxylic acids is 1. The molecule has 1 spiro atoms. The van der Waals surface area contributed by atoms with Crippen LogP contribution in [0.4, 0.5) is 5.95 Å². The third kappa shape index (κ3) is 2.82. The molecule has 0 unspecified atom stereocenters. The molecule has 3 aromatic heterocycles. The summed E-state index contributed by atoms with van der Waals surface area (Å²) in [7, 11) is 1.63. The molecule has 1 saturated heterocycles. The molecule has 1 N–H and O–H groups in total. The van der Waals surface area contributed by atoms with Gasteiger partial charge in [-0.25, -0.2) is 4.52 Å². The Morgan fingerprint density at radius 1 is 1.25 bits per heavy atom. The molecule has 6 rings (SSSR count). The molecule has 8 heteroatoms. The highest BCUT2D eigenvalue weighted by Crippen LogP contribution is 2.48. The number of methoxy groups -OCH3 is 1. The maximum absolute atomic E-state index is 11.8. The molecule has 0 radical (unpaired) electrons. The first-order valence-corrected chi connectivity index (χ1v) is 10.9. The van der Waals surface area contributed by atoms with Crippen molar-refractivity contribution in [1.82, 2.24) is 24.5 Å². The largest absolute Gasteiger partial charge is 0.479 e. The van der Waals surface area contributed by atoms with Crippen LogP contribution in [0.3, 0.4) is 0 Å². The first-order valence-electron chi connectivity index (χ1n) is 10.9. The molecular formula is C24H24N6O2. The predicted molar refractivity (Wildman–Crippen MR) is 122 cm³/mol. The van der Waals surface area contributed by atoms with Gasteiger partial charge in [0.25, 0.3) is 0 Å². The van der Waals surface area contributed by atoms with Crippen molar-refractivity contribution in [3.63, 3.8) is 0 Å². The third-order valence-electron chi connectivity index (χ3n) is 6.93. The van der Waals surface area contributed by atoms with E-state index < -0.39 is 0 Å². The van der Waals surface area contributed by atoms with Crippen molar-refractivity contribution < 1.29 is 9.53 Å². The summed E-state index contributed by atoms with van der Waals surface area (Å²) in [6.45, 7) is 2.52. The van der Waals surface area contributed by atoms with E-state index >= 15 is 0 Å². The van der Waals surface area contributed by atoms with E-state index in [1.165, 1.54) is 0 Å². The standard InChI is InChI=1S/C24H24N6O2/c1-15(31)29-11-8-24(29)13-18(14-24)26-23-27-22(32-2)21-19(7-10-30(21)28-23)16-5-6-20-17(12-16)4-3-9-25-20/h3-7,9-10,12,18H,8,11,13-14H2,1-2H3,(H,26,28). The molecule has 1 saturated carbocycles. The first kappa shape index (κ1) is 19.0. The van der Waals surface area contributed by atoms with Crippen LogP contribution in [0.15, 0.2) is 48.8 Å². The maximum atomic E-state index is 11.8. The fraction of sp³-hybridized carbons (Fsp3) is 0.333. The lowest BCUT2D eigenvalue weighted by atomic mass is 9.64. The van der Waals surface area contributed by atoms with Crippen molar-refractivity contribution in [2.45, 2.75) is 37.8 Å². The van der Waals surface area contributed by atoms with Crippen LogP contribution in [0.5, 0.6) is 5.88 Å². The second kappa shape index (κ2) is 6.91. The van der Waals surface area contributed by atoms with Gasteiger partial charge in [-0.15, -0.1) is 5.10 Å². The van der Waals surface area contributed by atoms with Crippen molar-refractivity contribution in [2.24, 2.45) is 0 Å². The number of anilines is 1. The Hall–Kier alpha value is -3.68. The van der Waals surface area contributed by atoms with Crippen LogP contribution < -0.4 is 10.1 Å². The summed E-state index contributed by atoms with van der Waals surface area (Å²) in [6.07, 6.45) is 6.67. The SMILES string of the molecule is COc1nc(NC2CC3(CCN3C(C)=O)C2)nn2ccc(-c3ccc4ncccc4c3)c12. The summed E-state index contributed by atoms with van der Waals surface area (Å²) in [6, 6.07) is 12.5. The van der Waals surface area contributed by atoms with Crippen molar-refractivity contribution in [1.29, 1.82) is 0 Å². The Labute approximate surface area is 185 Å². The number of nitrogens with zero attached hydrogens (tertiary/aromatic N) is 5. The number of rotatable bonds is 4. The molecule has 1 aromatic carbocycles. The van der Waals surface area contributed by atoms with Gasteiger partial charge in [0.1, 0.15) is 5.52 Å². The highest BCUT2D eigenvalue weighted by Gasteiger charge is 2.55. The monoisotopic (exact) mass is 428 g/mol. The Balaban J connectivity index is 1.29. The molecule has 2 fully saturated rings. The van der Waals surface area contributed by atoms with Crippen molar-refractivity contribution in [3.8, 4) is 17.0 Å². The minimum absolute atomic E-state index is 0.0449. The number of likely N-dealkylation sites (tertiary alicyclic amines) is 1. The lowest BCUT2D eigenvalue weighted by molar-refractivity contribution is -0.154. The van der Waals surface area contributed by atoms with Gasteiger partial charge >= 0.3 is 0 Å². The van der Waals surface area contributed by atoms with E-state index in [1.807, 2.05) is 33.8 Å². The van der Waals surface area contributed by atoms with Crippen LogP contribution in [0.1, 0.15) is 26.2 Å². The van der Waals surface area contributed by atoms with Gasteiger partial charge in [0.2, 0.25) is 17.7 Å². The van der Waals surface area contributed by atoms with Gasteiger partial charge in [0.15, 0.2) is 0 Å². The molecule has 2 aliphatic rings. The second-order valence-electron chi connectivity index (χ2n) is 8.77. The second-order valence-corrected chi connectivity index (χ2v) is 8.77. The zero-order chi connectivity index (χ0) is 21.9. The van der Waals surface area contributed by atoms with Gasteiger partial charge in [-0.2, -0.15) is 4.98 Å². The number of benzene rings is 1. The van der Waals surface area contributed by atoms with Gasteiger partial charge in [-0.3, -0.25) is 9.78 Å². The summed E-state index contributed by atoms with van der Waals surface area (Å²) in [5.41, 5.74) is 3.90. The summed E-state index contributed by atoms with van der Waals surface area (Å²) in [5.74, 6) is 1.22. The number of hydrogen-bond donors (Lipinski definition) is 1. The molecule has 4 aromatic rings. The van der Waals surface area contributed by atoms with E-state index in [4.69, 9.17) is 4.74 Å². The number of carbonyl (C=O) groups is 1. The number of pyridine rings is 1. The van der Waals surface area contributed by atoms with Crippen LogP contribution in [0.2, 0.25) is 0 Å². The van der Waals surface area contributed by atoms with Crippen LogP contribution >= 0.6 is 0 Å².